The van der Waals surface area contributed by atoms with Crippen LogP contribution in [0.2, 0.25) is 10.0 Å². The summed E-state index contributed by atoms with van der Waals surface area (Å²) in [7, 11) is 0. The number of hydrogen-bond donors (Lipinski definition) is 1. The van der Waals surface area contributed by atoms with E-state index in [1.165, 1.54) is 0 Å². The van der Waals surface area contributed by atoms with Crippen LogP contribution in [0.4, 0.5) is 0 Å². The van der Waals surface area contributed by atoms with Gasteiger partial charge in [-0.25, -0.2) is 0 Å². The maximum absolute atomic E-state index is 6.33. The van der Waals surface area contributed by atoms with Gasteiger partial charge in [-0.3, -0.25) is 0 Å². The highest BCUT2D eigenvalue weighted by molar-refractivity contribution is 6.42. The molecule has 0 amide bonds. The van der Waals surface area contributed by atoms with Gasteiger partial charge in [-0.1, -0.05) is 47.3 Å². The monoisotopic (exact) mass is 341 g/mol. The molecule has 1 atom stereocenters. The average Bonchev–Trinajstić information content (AvgIpc) is 3.13. The lowest BCUT2D eigenvalue weighted by Gasteiger charge is -2.18. The number of benzene rings is 1. The summed E-state index contributed by atoms with van der Waals surface area (Å²) in [4.78, 5) is 4.41. The first-order chi connectivity index (χ1) is 10.5. The summed E-state index contributed by atoms with van der Waals surface area (Å²) in [6.07, 6.45) is 3.49. The largest absolute Gasteiger partial charge is 0.479 e. The van der Waals surface area contributed by atoms with Crippen LogP contribution in [0.1, 0.15) is 50.4 Å². The van der Waals surface area contributed by atoms with Crippen molar-refractivity contribution in [1.29, 1.82) is 0 Å². The van der Waals surface area contributed by atoms with E-state index in [-0.39, 0.29) is 0 Å². The van der Waals surface area contributed by atoms with Crippen molar-refractivity contribution < 1.29 is 9.26 Å². The predicted octanol–water partition coefficient (Wildman–Crippen LogP) is 4.24. The molecule has 1 aromatic heterocycles. The molecule has 1 fully saturated rings. The van der Waals surface area contributed by atoms with Gasteiger partial charge in [-0.15, -0.1) is 0 Å². The van der Waals surface area contributed by atoms with E-state index < -0.39 is 11.6 Å². The molecular formula is C15H17Cl2N3O2. The van der Waals surface area contributed by atoms with E-state index in [1.807, 2.05) is 6.92 Å². The van der Waals surface area contributed by atoms with Gasteiger partial charge in [0.1, 0.15) is 10.8 Å². The Bertz CT molecular complexity index is 669. The molecule has 1 saturated carbocycles. The zero-order valence-electron chi connectivity index (χ0n) is 12.2. The first-order valence-corrected chi connectivity index (χ1v) is 7.99. The molecule has 2 aromatic rings. The summed E-state index contributed by atoms with van der Waals surface area (Å²) < 4.78 is 11.1. The van der Waals surface area contributed by atoms with E-state index in [0.717, 1.165) is 25.7 Å². The Hall–Kier alpha value is -1.30. The topological polar surface area (TPSA) is 74.2 Å². The molecule has 0 radical (unpaired) electrons. The molecule has 1 aromatic carbocycles. The summed E-state index contributed by atoms with van der Waals surface area (Å²) >= 11 is 12.1. The van der Waals surface area contributed by atoms with Gasteiger partial charge in [-0.05, 0) is 31.9 Å². The molecule has 1 unspecified atom stereocenters. The molecule has 0 aliphatic heterocycles. The Morgan fingerprint density at radius 3 is 2.77 bits per heavy atom. The number of nitrogens with two attached hydrogens (primary N) is 1. The summed E-state index contributed by atoms with van der Waals surface area (Å²) in [6, 6.07) is 5.21. The molecule has 1 aliphatic carbocycles. The van der Waals surface area contributed by atoms with Crippen LogP contribution in [-0.4, -0.2) is 10.1 Å². The number of hydrogen-bond acceptors (Lipinski definition) is 5. The normalized spacial score (nSPS) is 18.4. The van der Waals surface area contributed by atoms with Crippen molar-refractivity contribution in [3.05, 3.63) is 40.0 Å². The molecule has 2 N–H and O–H groups in total. The first kappa shape index (κ1) is 15.6. The second kappa shape index (κ2) is 6.07. The Morgan fingerprint density at radius 1 is 1.32 bits per heavy atom. The maximum Gasteiger partial charge on any atom is 0.267 e. The van der Waals surface area contributed by atoms with E-state index in [2.05, 4.69) is 10.1 Å². The van der Waals surface area contributed by atoms with Gasteiger partial charge < -0.3 is 15.0 Å². The van der Waals surface area contributed by atoms with Crippen molar-refractivity contribution in [2.75, 3.05) is 0 Å². The minimum Gasteiger partial charge on any atom is -0.479 e. The minimum atomic E-state index is -0.477. The predicted molar refractivity (Wildman–Crippen MR) is 84.1 cm³/mol. The number of ether oxygens (including phenoxy) is 1. The number of rotatable bonds is 4. The summed E-state index contributed by atoms with van der Waals surface area (Å²) in [5, 5.41) is 4.82. The van der Waals surface area contributed by atoms with Gasteiger partial charge in [0.2, 0.25) is 0 Å². The summed E-state index contributed by atoms with van der Waals surface area (Å²) in [5.74, 6) is 1.40. The van der Waals surface area contributed by atoms with Gasteiger partial charge in [0, 0.05) is 0 Å². The third-order valence-corrected chi connectivity index (χ3v) is 4.75. The lowest BCUT2D eigenvalue weighted by atomic mass is 9.99. The number of halogens is 2. The highest BCUT2D eigenvalue weighted by Gasteiger charge is 2.36. The molecule has 7 heteroatoms. The Balaban J connectivity index is 1.77. The van der Waals surface area contributed by atoms with Crippen molar-refractivity contribution >= 4 is 23.2 Å². The van der Waals surface area contributed by atoms with Crippen molar-refractivity contribution in [2.24, 2.45) is 5.73 Å². The molecular weight excluding hydrogens is 325 g/mol. The van der Waals surface area contributed by atoms with Crippen LogP contribution in [0.25, 0.3) is 0 Å². The highest BCUT2D eigenvalue weighted by Crippen LogP contribution is 2.36. The molecule has 5 nitrogen and oxygen atoms in total. The number of aromatic nitrogens is 2. The molecule has 0 bridgehead atoms. The fourth-order valence-electron chi connectivity index (χ4n) is 2.65. The van der Waals surface area contributed by atoms with Crippen LogP contribution in [-0.2, 0) is 5.54 Å². The van der Waals surface area contributed by atoms with E-state index in [9.17, 15) is 0 Å². The molecule has 22 heavy (non-hydrogen) atoms. The SMILES string of the molecule is CC(Oc1cccc(Cl)c1Cl)c1nc(C2(N)CCCC2)no1. The zero-order chi connectivity index (χ0) is 15.7. The van der Waals surface area contributed by atoms with Crippen LogP contribution >= 0.6 is 23.2 Å². The lowest BCUT2D eigenvalue weighted by molar-refractivity contribution is 0.175. The Kier molecular flexibility index (Phi) is 4.30. The molecule has 1 aliphatic rings. The molecule has 118 valence electrons. The molecule has 3 rings (SSSR count). The van der Waals surface area contributed by atoms with Crippen molar-refractivity contribution in [1.82, 2.24) is 10.1 Å². The van der Waals surface area contributed by atoms with Gasteiger partial charge in [0.25, 0.3) is 5.89 Å². The third-order valence-electron chi connectivity index (χ3n) is 3.95. The second-order valence-electron chi connectivity index (χ2n) is 5.63. The Labute approximate surface area is 138 Å². The molecule has 1 heterocycles. The fourth-order valence-corrected chi connectivity index (χ4v) is 2.98. The molecule has 0 spiro atoms. The molecule has 0 saturated heterocycles. The van der Waals surface area contributed by atoms with E-state index in [0.29, 0.717) is 27.5 Å². The fraction of sp³-hybridized carbons (Fsp3) is 0.467. The van der Waals surface area contributed by atoms with Crippen molar-refractivity contribution in [3.63, 3.8) is 0 Å². The van der Waals surface area contributed by atoms with Gasteiger partial charge >= 0.3 is 0 Å². The highest BCUT2D eigenvalue weighted by atomic mass is 35.5. The van der Waals surface area contributed by atoms with E-state index >= 15 is 0 Å². The van der Waals surface area contributed by atoms with Crippen LogP contribution in [0.5, 0.6) is 5.75 Å². The minimum absolute atomic E-state index is 0.363. The van der Waals surface area contributed by atoms with Gasteiger partial charge in [0.15, 0.2) is 11.9 Å². The van der Waals surface area contributed by atoms with E-state index in [4.69, 9.17) is 38.2 Å². The quantitative estimate of drug-likeness (QED) is 0.899. The maximum atomic E-state index is 6.33. The second-order valence-corrected chi connectivity index (χ2v) is 6.42. The smallest absolute Gasteiger partial charge is 0.267 e. The summed E-state index contributed by atoms with van der Waals surface area (Å²) in [5.41, 5.74) is 5.85. The van der Waals surface area contributed by atoms with Gasteiger partial charge in [-0.2, -0.15) is 4.98 Å². The van der Waals surface area contributed by atoms with Crippen LogP contribution < -0.4 is 10.5 Å². The zero-order valence-corrected chi connectivity index (χ0v) is 13.7. The van der Waals surface area contributed by atoms with E-state index in [1.54, 1.807) is 18.2 Å². The average molecular weight is 342 g/mol. The van der Waals surface area contributed by atoms with Crippen LogP contribution in [0, 0.1) is 0 Å². The van der Waals surface area contributed by atoms with Crippen LogP contribution in [0.15, 0.2) is 22.7 Å². The lowest BCUT2D eigenvalue weighted by Crippen LogP contribution is -2.34. The summed E-state index contributed by atoms with van der Waals surface area (Å²) in [6.45, 7) is 1.81. The third kappa shape index (κ3) is 2.93. The first-order valence-electron chi connectivity index (χ1n) is 7.23. The van der Waals surface area contributed by atoms with Gasteiger partial charge in [0.05, 0.1) is 10.6 Å². The van der Waals surface area contributed by atoms with Crippen LogP contribution in [0.3, 0.4) is 0 Å². The standard InChI is InChI=1S/C15H17Cl2N3O2/c1-9(21-11-6-4-5-10(16)12(11)17)13-19-14(20-22-13)15(18)7-2-3-8-15/h4-6,9H,2-3,7-8,18H2,1H3. The number of nitrogens with zero attached hydrogens (tertiary/aromatic N) is 2. The Morgan fingerprint density at radius 2 is 2.05 bits per heavy atom. The van der Waals surface area contributed by atoms with Crippen molar-refractivity contribution in [2.45, 2.75) is 44.2 Å². The van der Waals surface area contributed by atoms with Crippen molar-refractivity contribution in [3.8, 4) is 5.75 Å².